The third kappa shape index (κ3) is 4.08. The van der Waals surface area contributed by atoms with E-state index in [1.54, 1.807) is 13.8 Å². The quantitative estimate of drug-likeness (QED) is 0.676. The summed E-state index contributed by atoms with van der Waals surface area (Å²) in [5.41, 5.74) is 0. The Hall–Kier alpha value is 0.150. The Kier molecular flexibility index (Phi) is 5.46. The summed E-state index contributed by atoms with van der Waals surface area (Å²) in [5.74, 6) is 0.133. The van der Waals surface area contributed by atoms with Gasteiger partial charge in [-0.25, -0.2) is 16.8 Å². The van der Waals surface area contributed by atoms with E-state index in [-0.39, 0.29) is 29.1 Å². The summed E-state index contributed by atoms with van der Waals surface area (Å²) in [6, 6.07) is -0.410. The van der Waals surface area contributed by atoms with E-state index < -0.39 is 25.9 Å². The van der Waals surface area contributed by atoms with Crippen LogP contribution in [0.4, 0.5) is 0 Å². The van der Waals surface area contributed by atoms with Crippen LogP contribution in [0.25, 0.3) is 0 Å². The van der Waals surface area contributed by atoms with Crippen LogP contribution >= 0.6 is 11.6 Å². The lowest BCUT2D eigenvalue weighted by molar-refractivity contribution is 0.352. The summed E-state index contributed by atoms with van der Waals surface area (Å²) < 4.78 is 48.6. The number of sulfonamides is 1. The number of rotatable bonds is 6. The highest BCUT2D eigenvalue weighted by molar-refractivity contribution is 7.92. The van der Waals surface area contributed by atoms with Crippen molar-refractivity contribution in [1.82, 2.24) is 4.31 Å². The van der Waals surface area contributed by atoms with Crippen molar-refractivity contribution >= 4 is 31.5 Å². The Morgan fingerprint density at radius 1 is 1.44 bits per heavy atom. The molecule has 0 aliphatic carbocycles. The molecule has 5 nitrogen and oxygen atoms in total. The van der Waals surface area contributed by atoms with Gasteiger partial charge in [0.25, 0.3) is 0 Å². The maximum Gasteiger partial charge on any atom is 0.214 e. The van der Waals surface area contributed by atoms with Crippen LogP contribution in [0.5, 0.6) is 0 Å². The molecule has 0 N–H and O–H groups in total. The minimum atomic E-state index is -3.43. The van der Waals surface area contributed by atoms with E-state index in [0.717, 1.165) is 0 Å². The summed E-state index contributed by atoms with van der Waals surface area (Å²) in [6.07, 6.45) is 0.394. The van der Waals surface area contributed by atoms with E-state index in [9.17, 15) is 16.8 Å². The maximum atomic E-state index is 12.2. The number of halogens is 1. The second-order valence-corrected chi connectivity index (χ2v) is 9.30. The van der Waals surface area contributed by atoms with Crippen LogP contribution in [-0.4, -0.2) is 56.9 Å². The largest absolute Gasteiger partial charge is 0.229 e. The first-order chi connectivity index (χ1) is 8.22. The third-order valence-electron chi connectivity index (χ3n) is 3.04. The summed E-state index contributed by atoms with van der Waals surface area (Å²) in [6.45, 7) is 3.80. The molecule has 1 aliphatic heterocycles. The van der Waals surface area contributed by atoms with Gasteiger partial charge in [0.15, 0.2) is 9.84 Å². The van der Waals surface area contributed by atoms with E-state index in [1.807, 2.05) is 0 Å². The van der Waals surface area contributed by atoms with Crippen molar-refractivity contribution in [3.63, 3.8) is 0 Å². The number of nitrogens with zero attached hydrogens (tertiary/aromatic N) is 1. The van der Waals surface area contributed by atoms with Gasteiger partial charge in [0.2, 0.25) is 10.0 Å². The Morgan fingerprint density at radius 2 is 2.06 bits per heavy atom. The average Bonchev–Trinajstić information content (AvgIpc) is 2.58. The van der Waals surface area contributed by atoms with Crippen molar-refractivity contribution in [2.75, 3.05) is 29.7 Å². The van der Waals surface area contributed by atoms with Gasteiger partial charge in [0, 0.05) is 18.5 Å². The van der Waals surface area contributed by atoms with E-state index in [1.165, 1.54) is 4.31 Å². The molecule has 0 spiro atoms. The van der Waals surface area contributed by atoms with Gasteiger partial charge in [-0.2, -0.15) is 4.31 Å². The van der Waals surface area contributed by atoms with Crippen LogP contribution in [-0.2, 0) is 19.9 Å². The van der Waals surface area contributed by atoms with Crippen LogP contribution < -0.4 is 0 Å². The fourth-order valence-electron chi connectivity index (χ4n) is 2.18. The standard InChI is InChI=1S/C10H20ClNO4S2/c1-3-12(10-4-5-17(13,14)8-10)18(15,16)7-9(2)6-11/h9-10H,3-8H2,1-2H3. The van der Waals surface area contributed by atoms with E-state index >= 15 is 0 Å². The molecule has 1 aliphatic rings. The second-order valence-electron chi connectivity index (χ2n) is 4.80. The van der Waals surface area contributed by atoms with Gasteiger partial charge in [-0.1, -0.05) is 13.8 Å². The molecule has 18 heavy (non-hydrogen) atoms. The van der Waals surface area contributed by atoms with Gasteiger partial charge in [-0.3, -0.25) is 0 Å². The predicted molar refractivity (Wildman–Crippen MR) is 73.1 cm³/mol. The molecule has 1 heterocycles. The highest BCUT2D eigenvalue weighted by Crippen LogP contribution is 2.21. The number of alkyl halides is 1. The Bertz CT molecular complexity index is 474. The van der Waals surface area contributed by atoms with E-state index in [4.69, 9.17) is 11.6 Å². The Labute approximate surface area is 114 Å². The predicted octanol–water partition coefficient (Wildman–Crippen LogP) is 0.700. The molecule has 0 radical (unpaired) electrons. The summed E-state index contributed by atoms with van der Waals surface area (Å²) >= 11 is 5.63. The minimum absolute atomic E-state index is 0.0269. The average molecular weight is 318 g/mol. The maximum absolute atomic E-state index is 12.2. The summed E-state index contributed by atoms with van der Waals surface area (Å²) in [5, 5.41) is 0. The summed E-state index contributed by atoms with van der Waals surface area (Å²) in [4.78, 5) is 0. The second kappa shape index (κ2) is 6.07. The third-order valence-corrected chi connectivity index (χ3v) is 7.58. The van der Waals surface area contributed by atoms with Crippen LogP contribution in [0, 0.1) is 5.92 Å². The number of hydrogen-bond donors (Lipinski definition) is 0. The lowest BCUT2D eigenvalue weighted by Gasteiger charge is -2.27. The number of hydrogen-bond acceptors (Lipinski definition) is 4. The topological polar surface area (TPSA) is 71.5 Å². The molecular formula is C10H20ClNO4S2. The monoisotopic (exact) mass is 317 g/mol. The van der Waals surface area contributed by atoms with Crippen LogP contribution in [0.1, 0.15) is 20.3 Å². The van der Waals surface area contributed by atoms with Crippen LogP contribution in [0.3, 0.4) is 0 Å². The molecule has 0 saturated carbocycles. The molecule has 108 valence electrons. The molecule has 0 aromatic carbocycles. The zero-order valence-electron chi connectivity index (χ0n) is 10.7. The molecule has 0 amide bonds. The van der Waals surface area contributed by atoms with E-state index in [2.05, 4.69) is 0 Å². The van der Waals surface area contributed by atoms with Crippen LogP contribution in [0.2, 0.25) is 0 Å². The van der Waals surface area contributed by atoms with Crippen molar-refractivity contribution in [2.45, 2.75) is 26.3 Å². The molecule has 1 rings (SSSR count). The molecule has 8 heteroatoms. The minimum Gasteiger partial charge on any atom is -0.229 e. The Morgan fingerprint density at radius 3 is 2.44 bits per heavy atom. The molecule has 0 bridgehead atoms. The molecule has 1 fully saturated rings. The zero-order chi connectivity index (χ0) is 14.0. The Balaban J connectivity index is 2.84. The van der Waals surface area contributed by atoms with Gasteiger partial charge >= 0.3 is 0 Å². The molecule has 2 atom stereocenters. The molecule has 1 saturated heterocycles. The van der Waals surface area contributed by atoms with Crippen molar-refractivity contribution in [2.24, 2.45) is 5.92 Å². The first-order valence-electron chi connectivity index (χ1n) is 5.97. The zero-order valence-corrected chi connectivity index (χ0v) is 13.1. The molecule has 0 aromatic rings. The number of sulfone groups is 1. The van der Waals surface area contributed by atoms with Gasteiger partial charge in [0.1, 0.15) is 0 Å². The van der Waals surface area contributed by atoms with Gasteiger partial charge in [0.05, 0.1) is 17.3 Å². The SMILES string of the molecule is CCN(C1CCS(=O)(=O)C1)S(=O)(=O)CC(C)CCl. The lowest BCUT2D eigenvalue weighted by Crippen LogP contribution is -2.43. The fourth-order valence-corrected chi connectivity index (χ4v) is 6.30. The first kappa shape index (κ1) is 16.2. The first-order valence-corrected chi connectivity index (χ1v) is 9.94. The van der Waals surface area contributed by atoms with Gasteiger partial charge in [-0.05, 0) is 12.3 Å². The van der Waals surface area contributed by atoms with Gasteiger partial charge < -0.3 is 0 Å². The molecule has 2 unspecified atom stereocenters. The fraction of sp³-hybridized carbons (Fsp3) is 1.00. The smallest absolute Gasteiger partial charge is 0.214 e. The normalized spacial score (nSPS) is 25.4. The van der Waals surface area contributed by atoms with Gasteiger partial charge in [-0.15, -0.1) is 11.6 Å². The highest BCUT2D eigenvalue weighted by Gasteiger charge is 2.37. The van der Waals surface area contributed by atoms with Crippen molar-refractivity contribution in [3.05, 3.63) is 0 Å². The molecular weight excluding hydrogens is 298 g/mol. The van der Waals surface area contributed by atoms with Crippen molar-refractivity contribution < 1.29 is 16.8 Å². The lowest BCUT2D eigenvalue weighted by atomic mass is 10.3. The van der Waals surface area contributed by atoms with E-state index in [0.29, 0.717) is 13.0 Å². The van der Waals surface area contributed by atoms with Crippen molar-refractivity contribution in [3.8, 4) is 0 Å². The van der Waals surface area contributed by atoms with Crippen molar-refractivity contribution in [1.29, 1.82) is 0 Å². The highest BCUT2D eigenvalue weighted by atomic mass is 35.5. The van der Waals surface area contributed by atoms with Crippen LogP contribution in [0.15, 0.2) is 0 Å². The summed E-state index contributed by atoms with van der Waals surface area (Å²) in [7, 11) is -6.51. The molecule has 0 aromatic heterocycles.